The van der Waals surface area contributed by atoms with Gasteiger partial charge in [-0.25, -0.2) is 0 Å². The number of hydrogen-bond donors (Lipinski definition) is 2. The molecule has 0 fully saturated rings. The fourth-order valence-electron chi connectivity index (χ4n) is 1.31. The van der Waals surface area contributed by atoms with Crippen molar-refractivity contribution >= 4 is 29.5 Å². The SMILES string of the molecule is Cc1[nH]c(=S)sc1CC(=O)NCCC(C)C. The summed E-state index contributed by atoms with van der Waals surface area (Å²) in [6.45, 7) is 7.00. The summed E-state index contributed by atoms with van der Waals surface area (Å²) in [5.41, 5.74) is 1.01. The largest absolute Gasteiger partial charge is 0.356 e. The van der Waals surface area contributed by atoms with Gasteiger partial charge in [-0.15, -0.1) is 11.3 Å². The predicted molar refractivity (Wildman–Crippen MR) is 70.4 cm³/mol. The molecule has 1 amide bonds. The van der Waals surface area contributed by atoms with Gasteiger partial charge in [0.1, 0.15) is 0 Å². The molecule has 0 saturated heterocycles. The second-order valence-electron chi connectivity index (χ2n) is 4.27. The number of carbonyl (C=O) groups excluding carboxylic acids is 1. The fourth-order valence-corrected chi connectivity index (χ4v) is 2.60. The van der Waals surface area contributed by atoms with Crippen molar-refractivity contribution < 1.29 is 4.79 Å². The number of aromatic nitrogens is 1. The average Bonchev–Trinajstić information content (AvgIpc) is 2.44. The van der Waals surface area contributed by atoms with Crippen LogP contribution in [0.5, 0.6) is 0 Å². The van der Waals surface area contributed by atoms with Gasteiger partial charge in [0.05, 0.1) is 6.42 Å². The predicted octanol–water partition coefficient (Wildman–Crippen LogP) is 2.82. The molecule has 0 aromatic carbocycles. The lowest BCUT2D eigenvalue weighted by molar-refractivity contribution is -0.120. The third-order valence-corrected chi connectivity index (χ3v) is 3.63. The van der Waals surface area contributed by atoms with Crippen molar-refractivity contribution in [1.82, 2.24) is 10.3 Å². The zero-order valence-electron chi connectivity index (χ0n) is 9.92. The second-order valence-corrected chi connectivity index (χ2v) is 6.04. The zero-order chi connectivity index (χ0) is 12.1. The first kappa shape index (κ1) is 13.4. The molecule has 0 saturated carbocycles. The van der Waals surface area contributed by atoms with Crippen molar-refractivity contribution in [2.45, 2.75) is 33.6 Å². The lowest BCUT2D eigenvalue weighted by Gasteiger charge is -2.06. The molecular formula is C11H18N2OS2. The molecule has 5 heteroatoms. The Balaban J connectivity index is 2.40. The lowest BCUT2D eigenvalue weighted by atomic mass is 10.1. The van der Waals surface area contributed by atoms with Crippen molar-refractivity contribution in [3.8, 4) is 0 Å². The van der Waals surface area contributed by atoms with Crippen LogP contribution < -0.4 is 5.32 Å². The molecule has 2 N–H and O–H groups in total. The highest BCUT2D eigenvalue weighted by atomic mass is 32.1. The third-order valence-electron chi connectivity index (χ3n) is 2.29. The first-order valence-electron chi connectivity index (χ1n) is 5.44. The molecule has 0 bridgehead atoms. The van der Waals surface area contributed by atoms with Crippen LogP contribution in [0.25, 0.3) is 0 Å². The maximum atomic E-state index is 11.6. The summed E-state index contributed by atoms with van der Waals surface area (Å²) < 4.78 is 0.738. The molecule has 0 aliphatic heterocycles. The van der Waals surface area contributed by atoms with E-state index in [1.54, 1.807) is 0 Å². The highest BCUT2D eigenvalue weighted by molar-refractivity contribution is 7.73. The monoisotopic (exact) mass is 258 g/mol. The Hall–Kier alpha value is -0.680. The van der Waals surface area contributed by atoms with Gasteiger partial charge in [0.2, 0.25) is 5.91 Å². The number of aromatic amines is 1. The molecule has 1 aromatic rings. The summed E-state index contributed by atoms with van der Waals surface area (Å²) in [6, 6.07) is 0. The summed E-state index contributed by atoms with van der Waals surface area (Å²) in [7, 11) is 0. The number of amides is 1. The number of thiazole rings is 1. The first-order chi connectivity index (χ1) is 7.49. The van der Waals surface area contributed by atoms with Crippen molar-refractivity contribution in [1.29, 1.82) is 0 Å². The minimum atomic E-state index is 0.0778. The van der Waals surface area contributed by atoms with Crippen LogP contribution in [0.1, 0.15) is 30.8 Å². The van der Waals surface area contributed by atoms with Gasteiger partial charge in [-0.1, -0.05) is 13.8 Å². The van der Waals surface area contributed by atoms with Crippen LogP contribution in [-0.4, -0.2) is 17.4 Å². The summed E-state index contributed by atoms with van der Waals surface area (Å²) in [5, 5.41) is 2.92. The number of hydrogen-bond acceptors (Lipinski definition) is 3. The Morgan fingerprint density at radius 1 is 1.56 bits per heavy atom. The Kier molecular flexibility index (Phi) is 5.15. The molecule has 90 valence electrons. The van der Waals surface area contributed by atoms with E-state index < -0.39 is 0 Å². The third kappa shape index (κ3) is 4.45. The summed E-state index contributed by atoms with van der Waals surface area (Å²) in [6.07, 6.45) is 1.45. The van der Waals surface area contributed by atoms with Gasteiger partial charge in [0.25, 0.3) is 0 Å². The molecular weight excluding hydrogens is 240 g/mol. The van der Waals surface area contributed by atoms with Crippen LogP contribution in [0.15, 0.2) is 0 Å². The van der Waals surface area contributed by atoms with Gasteiger partial charge >= 0.3 is 0 Å². The highest BCUT2D eigenvalue weighted by Crippen LogP contribution is 2.14. The van der Waals surface area contributed by atoms with E-state index in [9.17, 15) is 4.79 Å². The second kappa shape index (κ2) is 6.15. The minimum Gasteiger partial charge on any atom is -0.356 e. The molecule has 0 unspecified atom stereocenters. The molecule has 3 nitrogen and oxygen atoms in total. The molecule has 1 aromatic heterocycles. The molecule has 0 aliphatic rings. The Labute approximate surface area is 105 Å². The molecule has 1 rings (SSSR count). The Morgan fingerprint density at radius 3 is 2.75 bits per heavy atom. The topological polar surface area (TPSA) is 44.9 Å². The summed E-state index contributed by atoms with van der Waals surface area (Å²) in [4.78, 5) is 15.7. The average molecular weight is 258 g/mol. The summed E-state index contributed by atoms with van der Waals surface area (Å²) >= 11 is 6.51. The van der Waals surface area contributed by atoms with E-state index in [0.717, 1.165) is 27.5 Å². The molecule has 0 aliphatic carbocycles. The zero-order valence-corrected chi connectivity index (χ0v) is 11.6. The highest BCUT2D eigenvalue weighted by Gasteiger charge is 2.08. The lowest BCUT2D eigenvalue weighted by Crippen LogP contribution is -2.26. The van der Waals surface area contributed by atoms with E-state index in [-0.39, 0.29) is 5.91 Å². The van der Waals surface area contributed by atoms with Crippen molar-refractivity contribution in [2.24, 2.45) is 5.92 Å². The van der Waals surface area contributed by atoms with E-state index in [4.69, 9.17) is 12.2 Å². The van der Waals surface area contributed by atoms with Crippen LogP contribution in [0.2, 0.25) is 0 Å². The van der Waals surface area contributed by atoms with Gasteiger partial charge in [0, 0.05) is 17.1 Å². The van der Waals surface area contributed by atoms with Crippen LogP contribution in [0, 0.1) is 16.8 Å². The minimum absolute atomic E-state index is 0.0778. The smallest absolute Gasteiger partial charge is 0.225 e. The summed E-state index contributed by atoms with van der Waals surface area (Å²) in [5.74, 6) is 0.699. The maximum absolute atomic E-state index is 11.6. The molecule has 0 spiro atoms. The molecule has 1 heterocycles. The number of aryl methyl sites for hydroxylation is 1. The van der Waals surface area contributed by atoms with Gasteiger partial charge in [-0.05, 0) is 31.5 Å². The number of H-pyrrole nitrogens is 1. The molecule has 0 atom stereocenters. The normalized spacial score (nSPS) is 10.8. The van der Waals surface area contributed by atoms with E-state index in [0.29, 0.717) is 12.3 Å². The van der Waals surface area contributed by atoms with Crippen LogP contribution in [-0.2, 0) is 11.2 Å². The van der Waals surface area contributed by atoms with Crippen LogP contribution in [0.3, 0.4) is 0 Å². The standard InChI is InChI=1S/C11H18N2OS2/c1-7(2)4-5-12-10(14)6-9-8(3)13-11(15)16-9/h7H,4-6H2,1-3H3,(H,12,14)(H,13,15). The van der Waals surface area contributed by atoms with Crippen molar-refractivity contribution in [3.05, 3.63) is 14.5 Å². The number of rotatable bonds is 5. The van der Waals surface area contributed by atoms with Gasteiger partial charge in [-0.2, -0.15) is 0 Å². The van der Waals surface area contributed by atoms with Crippen molar-refractivity contribution in [3.63, 3.8) is 0 Å². The first-order valence-corrected chi connectivity index (χ1v) is 6.66. The Morgan fingerprint density at radius 2 is 2.25 bits per heavy atom. The number of carbonyl (C=O) groups is 1. The molecule has 16 heavy (non-hydrogen) atoms. The van der Waals surface area contributed by atoms with Crippen LogP contribution >= 0.6 is 23.6 Å². The van der Waals surface area contributed by atoms with Crippen molar-refractivity contribution in [2.75, 3.05) is 6.54 Å². The fraction of sp³-hybridized carbons (Fsp3) is 0.636. The Bertz CT molecular complexity index is 406. The van der Waals surface area contributed by atoms with Gasteiger partial charge < -0.3 is 10.3 Å². The van der Waals surface area contributed by atoms with E-state index in [1.807, 2.05) is 6.92 Å². The number of nitrogens with one attached hydrogen (secondary N) is 2. The molecule has 0 radical (unpaired) electrons. The quantitative estimate of drug-likeness (QED) is 0.798. The van der Waals surface area contributed by atoms with E-state index in [1.165, 1.54) is 11.3 Å². The van der Waals surface area contributed by atoms with Gasteiger partial charge in [-0.3, -0.25) is 4.79 Å². The van der Waals surface area contributed by atoms with Gasteiger partial charge in [0.15, 0.2) is 3.95 Å². The maximum Gasteiger partial charge on any atom is 0.225 e. The van der Waals surface area contributed by atoms with E-state index in [2.05, 4.69) is 24.1 Å². The van der Waals surface area contributed by atoms with Crippen LogP contribution in [0.4, 0.5) is 0 Å². The van der Waals surface area contributed by atoms with E-state index >= 15 is 0 Å².